The minimum atomic E-state index is -0.388. The van der Waals surface area contributed by atoms with Gasteiger partial charge in [0, 0.05) is 36.8 Å². The lowest BCUT2D eigenvalue weighted by molar-refractivity contribution is 0.0597. The summed E-state index contributed by atoms with van der Waals surface area (Å²) in [6, 6.07) is 24.3. The van der Waals surface area contributed by atoms with Crippen molar-refractivity contribution in [2.75, 3.05) is 26.2 Å². The average Bonchev–Trinajstić information content (AvgIpc) is 2.76. The summed E-state index contributed by atoms with van der Waals surface area (Å²) >= 11 is 6.09. The average molecular weight is 409 g/mol. The van der Waals surface area contributed by atoms with Gasteiger partial charge >= 0.3 is 0 Å². The highest BCUT2D eigenvalue weighted by molar-refractivity contribution is 6.30. The Balaban J connectivity index is 1.52. The minimum absolute atomic E-state index is 0.0971. The van der Waals surface area contributed by atoms with Crippen LogP contribution in [0.3, 0.4) is 0 Å². The van der Waals surface area contributed by atoms with E-state index in [-0.39, 0.29) is 17.8 Å². The number of piperazine rings is 1. The van der Waals surface area contributed by atoms with E-state index in [0.717, 1.165) is 13.1 Å². The Labute approximate surface area is 175 Å². The molecule has 3 aromatic carbocycles. The molecule has 148 valence electrons. The first-order chi connectivity index (χ1) is 14.1. The molecule has 0 radical (unpaired) electrons. The third-order valence-corrected chi connectivity index (χ3v) is 5.59. The molecule has 5 heteroatoms. The number of hydrogen-bond acceptors (Lipinski definition) is 2. The topological polar surface area (TPSA) is 23.6 Å². The third-order valence-electron chi connectivity index (χ3n) is 5.34. The molecule has 3 aromatic rings. The van der Waals surface area contributed by atoms with Crippen molar-refractivity contribution in [3.63, 3.8) is 0 Å². The van der Waals surface area contributed by atoms with Crippen LogP contribution in [-0.4, -0.2) is 41.9 Å². The highest BCUT2D eigenvalue weighted by Gasteiger charge is 2.28. The molecule has 1 aliphatic heterocycles. The Morgan fingerprint density at radius 1 is 0.828 bits per heavy atom. The normalized spacial score (nSPS) is 15.9. The van der Waals surface area contributed by atoms with Crippen LogP contribution in [0.2, 0.25) is 5.02 Å². The molecule has 1 fully saturated rings. The number of hydrogen-bond donors (Lipinski definition) is 0. The molecule has 0 aromatic heterocycles. The van der Waals surface area contributed by atoms with Crippen LogP contribution in [0.1, 0.15) is 27.5 Å². The van der Waals surface area contributed by atoms with E-state index >= 15 is 0 Å². The van der Waals surface area contributed by atoms with E-state index in [1.807, 2.05) is 30.3 Å². The molecule has 0 N–H and O–H groups in total. The molecule has 0 bridgehead atoms. The number of rotatable bonds is 4. The van der Waals surface area contributed by atoms with Crippen molar-refractivity contribution in [3.05, 3.63) is 106 Å². The van der Waals surface area contributed by atoms with Crippen LogP contribution >= 0.6 is 11.6 Å². The molecule has 0 aliphatic carbocycles. The lowest BCUT2D eigenvalue weighted by atomic mass is 9.96. The summed E-state index contributed by atoms with van der Waals surface area (Å²) in [6.07, 6.45) is 0. The predicted molar refractivity (Wildman–Crippen MR) is 114 cm³/mol. The van der Waals surface area contributed by atoms with Crippen LogP contribution in [0.25, 0.3) is 0 Å². The van der Waals surface area contributed by atoms with Gasteiger partial charge < -0.3 is 4.90 Å². The first kappa shape index (κ1) is 19.6. The second kappa shape index (κ2) is 8.76. The molecule has 1 unspecified atom stereocenters. The molecule has 1 amide bonds. The van der Waals surface area contributed by atoms with Crippen molar-refractivity contribution >= 4 is 17.5 Å². The number of carbonyl (C=O) groups excluding carboxylic acids is 1. The first-order valence-electron chi connectivity index (χ1n) is 9.71. The Bertz CT molecular complexity index is 970. The third kappa shape index (κ3) is 4.50. The van der Waals surface area contributed by atoms with Crippen LogP contribution < -0.4 is 0 Å². The number of carbonyl (C=O) groups is 1. The molecular formula is C24H22ClFN2O. The highest BCUT2D eigenvalue weighted by Crippen LogP contribution is 2.30. The maximum Gasteiger partial charge on any atom is 0.254 e. The summed E-state index contributed by atoms with van der Waals surface area (Å²) in [6.45, 7) is 2.69. The van der Waals surface area contributed by atoms with Crippen LogP contribution in [0, 0.1) is 5.82 Å². The van der Waals surface area contributed by atoms with Gasteiger partial charge in [0.15, 0.2) is 0 Å². The lowest BCUT2D eigenvalue weighted by Crippen LogP contribution is -2.49. The van der Waals surface area contributed by atoms with E-state index < -0.39 is 0 Å². The van der Waals surface area contributed by atoms with Gasteiger partial charge in [-0.05, 0) is 41.5 Å². The Kier molecular flexibility index (Phi) is 5.93. The van der Waals surface area contributed by atoms with Gasteiger partial charge in [-0.1, -0.05) is 60.1 Å². The van der Waals surface area contributed by atoms with Crippen molar-refractivity contribution in [3.8, 4) is 0 Å². The second-order valence-corrected chi connectivity index (χ2v) is 7.64. The Morgan fingerprint density at radius 3 is 2.14 bits per heavy atom. The molecule has 1 atom stereocenters. The number of nitrogens with zero attached hydrogens (tertiary/aromatic N) is 2. The zero-order chi connectivity index (χ0) is 20.2. The van der Waals surface area contributed by atoms with E-state index in [1.54, 1.807) is 17.0 Å². The minimum Gasteiger partial charge on any atom is -0.336 e. The molecule has 29 heavy (non-hydrogen) atoms. The Hall–Kier alpha value is -2.69. The van der Waals surface area contributed by atoms with Crippen LogP contribution in [0.15, 0.2) is 78.9 Å². The van der Waals surface area contributed by atoms with Crippen LogP contribution in [0.4, 0.5) is 4.39 Å². The van der Waals surface area contributed by atoms with Crippen molar-refractivity contribution in [2.24, 2.45) is 0 Å². The maximum atomic E-state index is 13.5. The van der Waals surface area contributed by atoms with Crippen molar-refractivity contribution < 1.29 is 9.18 Å². The molecule has 1 heterocycles. The summed E-state index contributed by atoms with van der Waals surface area (Å²) < 4.78 is 13.5. The highest BCUT2D eigenvalue weighted by atomic mass is 35.5. The molecule has 4 rings (SSSR count). The quantitative estimate of drug-likeness (QED) is 0.604. The van der Waals surface area contributed by atoms with Crippen molar-refractivity contribution in [1.82, 2.24) is 9.80 Å². The van der Waals surface area contributed by atoms with Crippen molar-refractivity contribution in [1.29, 1.82) is 0 Å². The van der Waals surface area contributed by atoms with Crippen LogP contribution in [-0.2, 0) is 0 Å². The largest absolute Gasteiger partial charge is 0.336 e. The summed E-state index contributed by atoms with van der Waals surface area (Å²) in [5.74, 6) is -0.506. The zero-order valence-electron chi connectivity index (χ0n) is 16.0. The van der Waals surface area contributed by atoms with Gasteiger partial charge in [-0.25, -0.2) is 4.39 Å². The van der Waals surface area contributed by atoms with Crippen LogP contribution in [0.5, 0.6) is 0 Å². The van der Waals surface area contributed by atoms with Gasteiger partial charge in [-0.2, -0.15) is 0 Å². The van der Waals surface area contributed by atoms with E-state index in [0.29, 0.717) is 23.7 Å². The van der Waals surface area contributed by atoms with E-state index in [9.17, 15) is 9.18 Å². The molecule has 3 nitrogen and oxygen atoms in total. The van der Waals surface area contributed by atoms with Gasteiger partial charge in [-0.15, -0.1) is 0 Å². The number of benzene rings is 3. The lowest BCUT2D eigenvalue weighted by Gasteiger charge is -2.39. The fourth-order valence-corrected chi connectivity index (χ4v) is 4.01. The smallest absolute Gasteiger partial charge is 0.254 e. The van der Waals surface area contributed by atoms with E-state index in [2.05, 4.69) is 29.2 Å². The summed E-state index contributed by atoms with van der Waals surface area (Å²) in [7, 11) is 0. The number of halogens is 2. The SMILES string of the molecule is O=C(c1cccc(F)c1)N1CCN(C(c2ccccc2)c2ccc(Cl)cc2)CC1. The van der Waals surface area contributed by atoms with Gasteiger partial charge in [-0.3, -0.25) is 9.69 Å². The molecular weight excluding hydrogens is 387 g/mol. The van der Waals surface area contributed by atoms with E-state index in [1.165, 1.54) is 23.3 Å². The van der Waals surface area contributed by atoms with Crippen molar-refractivity contribution in [2.45, 2.75) is 6.04 Å². The van der Waals surface area contributed by atoms with Gasteiger partial charge in [0.2, 0.25) is 0 Å². The summed E-state index contributed by atoms with van der Waals surface area (Å²) in [5, 5.41) is 0.714. The standard InChI is InChI=1S/C24H22ClFN2O/c25-21-11-9-19(10-12-21)23(18-5-2-1-3-6-18)27-13-15-28(16-14-27)24(29)20-7-4-8-22(26)17-20/h1-12,17,23H,13-16H2. The molecule has 0 saturated carbocycles. The Morgan fingerprint density at radius 2 is 1.48 bits per heavy atom. The van der Waals surface area contributed by atoms with Gasteiger partial charge in [0.1, 0.15) is 5.82 Å². The monoisotopic (exact) mass is 408 g/mol. The van der Waals surface area contributed by atoms with Gasteiger partial charge in [0.25, 0.3) is 5.91 Å². The molecule has 1 aliphatic rings. The molecule has 1 saturated heterocycles. The second-order valence-electron chi connectivity index (χ2n) is 7.20. The zero-order valence-corrected chi connectivity index (χ0v) is 16.7. The summed E-state index contributed by atoms with van der Waals surface area (Å²) in [5.41, 5.74) is 2.78. The maximum absolute atomic E-state index is 13.5. The van der Waals surface area contributed by atoms with E-state index in [4.69, 9.17) is 11.6 Å². The summed E-state index contributed by atoms with van der Waals surface area (Å²) in [4.78, 5) is 16.9. The molecule has 0 spiro atoms. The van der Waals surface area contributed by atoms with Gasteiger partial charge in [0.05, 0.1) is 6.04 Å². The fourth-order valence-electron chi connectivity index (χ4n) is 3.88. The predicted octanol–water partition coefficient (Wildman–Crippen LogP) is 5.03. The number of amides is 1. The fraction of sp³-hybridized carbons (Fsp3) is 0.208. The first-order valence-corrected chi connectivity index (χ1v) is 10.1.